The van der Waals surface area contributed by atoms with Crippen molar-refractivity contribution in [3.8, 4) is 5.75 Å². The Hall–Kier alpha value is -0.520. The first-order chi connectivity index (χ1) is 8.56. The zero-order valence-electron chi connectivity index (χ0n) is 9.25. The molecule has 2 N–H and O–H groups in total. The number of hydrogen-bond acceptors (Lipinski definition) is 2. The second-order valence-corrected chi connectivity index (χ2v) is 6.39. The second-order valence-electron chi connectivity index (χ2n) is 3.76. The molecule has 5 heteroatoms. The normalized spacial score (nSPS) is 10.4. The van der Waals surface area contributed by atoms with Gasteiger partial charge in [0.15, 0.2) is 0 Å². The van der Waals surface area contributed by atoms with E-state index in [2.05, 4.69) is 53.1 Å². The van der Waals surface area contributed by atoms with Crippen molar-refractivity contribution in [2.24, 2.45) is 0 Å². The number of anilines is 1. The molecule has 0 radical (unpaired) electrons. The van der Waals surface area contributed by atoms with Gasteiger partial charge in [-0.05, 0) is 61.7 Å². The van der Waals surface area contributed by atoms with Gasteiger partial charge in [-0.2, -0.15) is 0 Å². The van der Waals surface area contributed by atoms with E-state index in [0.29, 0.717) is 6.54 Å². The third-order valence-electron chi connectivity index (χ3n) is 2.41. The minimum absolute atomic E-state index is 0.282. The van der Waals surface area contributed by atoms with Crippen molar-refractivity contribution >= 4 is 53.5 Å². The number of phenols is 1. The van der Waals surface area contributed by atoms with Gasteiger partial charge in [-0.25, -0.2) is 0 Å². The summed E-state index contributed by atoms with van der Waals surface area (Å²) in [5.41, 5.74) is 2.11. The van der Waals surface area contributed by atoms with Gasteiger partial charge in [0.25, 0.3) is 0 Å². The fourth-order valence-electron chi connectivity index (χ4n) is 1.52. The average molecular weight is 436 g/mol. The van der Waals surface area contributed by atoms with Crippen LogP contribution >= 0.6 is 47.8 Å². The third kappa shape index (κ3) is 3.49. The number of hydrogen-bond donors (Lipinski definition) is 2. The van der Waals surface area contributed by atoms with Crippen LogP contribution in [0.2, 0.25) is 0 Å². The Morgan fingerprint density at radius 2 is 1.50 bits per heavy atom. The van der Waals surface area contributed by atoms with Crippen LogP contribution in [0.1, 0.15) is 5.56 Å². The van der Waals surface area contributed by atoms with Crippen LogP contribution in [-0.2, 0) is 6.54 Å². The van der Waals surface area contributed by atoms with Crippen molar-refractivity contribution in [1.82, 2.24) is 0 Å². The molecule has 0 bridgehead atoms. The lowest BCUT2D eigenvalue weighted by molar-refractivity contribution is 0.475. The highest BCUT2D eigenvalue weighted by atomic mass is 79.9. The lowest BCUT2D eigenvalue weighted by Crippen LogP contribution is -2.00. The highest BCUT2D eigenvalue weighted by molar-refractivity contribution is 9.11. The van der Waals surface area contributed by atoms with E-state index >= 15 is 0 Å². The molecule has 0 aromatic heterocycles. The third-order valence-corrected chi connectivity index (χ3v) is 4.12. The molecule has 0 atom stereocenters. The Kier molecular flexibility index (Phi) is 4.70. The van der Waals surface area contributed by atoms with Crippen LogP contribution < -0.4 is 5.32 Å². The first-order valence-electron chi connectivity index (χ1n) is 5.22. The average Bonchev–Trinajstić information content (AvgIpc) is 2.30. The minimum atomic E-state index is 0.282. The van der Waals surface area contributed by atoms with Gasteiger partial charge in [-0.3, -0.25) is 0 Å². The lowest BCUT2D eigenvalue weighted by atomic mass is 10.2. The number of aromatic hydroxyl groups is 1. The van der Waals surface area contributed by atoms with Gasteiger partial charge in [0.05, 0.1) is 5.69 Å². The number of nitrogens with one attached hydrogen (secondary N) is 1. The van der Waals surface area contributed by atoms with Crippen molar-refractivity contribution in [2.75, 3.05) is 5.32 Å². The van der Waals surface area contributed by atoms with Gasteiger partial charge in [0.2, 0.25) is 0 Å². The van der Waals surface area contributed by atoms with E-state index in [9.17, 15) is 5.11 Å². The zero-order valence-corrected chi connectivity index (χ0v) is 14.0. The number of benzene rings is 2. The zero-order chi connectivity index (χ0) is 13.1. The molecule has 0 heterocycles. The van der Waals surface area contributed by atoms with Gasteiger partial charge in [0, 0.05) is 20.0 Å². The summed E-state index contributed by atoms with van der Waals surface area (Å²) in [7, 11) is 0. The summed E-state index contributed by atoms with van der Waals surface area (Å²) in [6, 6.07) is 11.1. The van der Waals surface area contributed by atoms with Crippen LogP contribution in [0, 0.1) is 0 Å². The Morgan fingerprint density at radius 3 is 2.06 bits per heavy atom. The molecule has 18 heavy (non-hydrogen) atoms. The number of phenolic OH excluding ortho intramolecular Hbond substituents is 1. The van der Waals surface area contributed by atoms with Gasteiger partial charge < -0.3 is 10.4 Å². The maximum Gasteiger partial charge on any atom is 0.115 e. The molecule has 2 rings (SSSR count). The van der Waals surface area contributed by atoms with Crippen molar-refractivity contribution in [3.05, 3.63) is 55.4 Å². The molecule has 0 unspecified atom stereocenters. The number of rotatable bonds is 3. The molecule has 94 valence electrons. The standard InChI is InChI=1S/C13H10Br3NO/c14-9-5-11(15)13(12(16)6-9)17-7-8-1-3-10(18)4-2-8/h1-6,17-18H,7H2. The molecular weight excluding hydrogens is 426 g/mol. The molecule has 0 amide bonds. The highest BCUT2D eigenvalue weighted by Gasteiger charge is 2.06. The van der Waals surface area contributed by atoms with Crippen molar-refractivity contribution < 1.29 is 5.11 Å². The van der Waals surface area contributed by atoms with Gasteiger partial charge >= 0.3 is 0 Å². The van der Waals surface area contributed by atoms with Crippen molar-refractivity contribution in [1.29, 1.82) is 0 Å². The molecule has 2 nitrogen and oxygen atoms in total. The Balaban J connectivity index is 2.13. The van der Waals surface area contributed by atoms with Gasteiger partial charge in [-0.15, -0.1) is 0 Å². The maximum atomic E-state index is 9.22. The molecule has 0 aliphatic heterocycles. The predicted molar refractivity (Wildman–Crippen MR) is 85.0 cm³/mol. The lowest BCUT2D eigenvalue weighted by Gasteiger charge is -2.11. The minimum Gasteiger partial charge on any atom is -0.508 e. The van der Waals surface area contributed by atoms with E-state index in [-0.39, 0.29) is 5.75 Å². The largest absolute Gasteiger partial charge is 0.508 e. The molecular formula is C13H10Br3NO. The Morgan fingerprint density at radius 1 is 0.944 bits per heavy atom. The van der Waals surface area contributed by atoms with E-state index in [1.165, 1.54) is 0 Å². The van der Waals surface area contributed by atoms with Crippen LogP contribution in [-0.4, -0.2) is 5.11 Å². The van der Waals surface area contributed by atoms with E-state index in [1.54, 1.807) is 12.1 Å². The SMILES string of the molecule is Oc1ccc(CNc2c(Br)cc(Br)cc2Br)cc1. The summed E-state index contributed by atoms with van der Waals surface area (Å²) in [5, 5.41) is 12.6. The first-order valence-corrected chi connectivity index (χ1v) is 7.60. The van der Waals surface area contributed by atoms with E-state index < -0.39 is 0 Å². The van der Waals surface area contributed by atoms with Crippen LogP contribution in [0.15, 0.2) is 49.8 Å². The van der Waals surface area contributed by atoms with Crippen LogP contribution in [0.25, 0.3) is 0 Å². The molecule has 0 fully saturated rings. The molecule has 0 aliphatic rings. The predicted octanol–water partition coefficient (Wildman–Crippen LogP) is 5.29. The van der Waals surface area contributed by atoms with Crippen molar-refractivity contribution in [3.63, 3.8) is 0 Å². The summed E-state index contributed by atoms with van der Waals surface area (Å²) in [6.45, 7) is 0.694. The Labute approximate surface area is 131 Å². The van der Waals surface area contributed by atoms with Gasteiger partial charge in [0.1, 0.15) is 5.75 Å². The molecule has 0 aliphatic carbocycles. The summed E-state index contributed by atoms with van der Waals surface area (Å²) < 4.78 is 2.99. The van der Waals surface area contributed by atoms with E-state index in [1.807, 2.05) is 24.3 Å². The topological polar surface area (TPSA) is 32.3 Å². The summed E-state index contributed by atoms with van der Waals surface area (Å²) >= 11 is 10.5. The molecule has 0 spiro atoms. The summed E-state index contributed by atoms with van der Waals surface area (Å²) in [6.07, 6.45) is 0. The van der Waals surface area contributed by atoms with Crippen LogP contribution in [0.3, 0.4) is 0 Å². The highest BCUT2D eigenvalue weighted by Crippen LogP contribution is 2.34. The maximum absolute atomic E-state index is 9.22. The van der Waals surface area contributed by atoms with E-state index in [0.717, 1.165) is 24.7 Å². The molecule has 2 aromatic carbocycles. The Bertz CT molecular complexity index is 532. The molecule has 0 saturated heterocycles. The van der Waals surface area contributed by atoms with Crippen LogP contribution in [0.4, 0.5) is 5.69 Å². The second kappa shape index (κ2) is 6.08. The monoisotopic (exact) mass is 433 g/mol. The van der Waals surface area contributed by atoms with Crippen LogP contribution in [0.5, 0.6) is 5.75 Å². The fraction of sp³-hybridized carbons (Fsp3) is 0.0769. The quantitative estimate of drug-likeness (QED) is 0.686. The van der Waals surface area contributed by atoms with E-state index in [4.69, 9.17) is 0 Å². The van der Waals surface area contributed by atoms with Crippen molar-refractivity contribution in [2.45, 2.75) is 6.54 Å². The summed E-state index contributed by atoms with van der Waals surface area (Å²) in [4.78, 5) is 0. The molecule has 2 aromatic rings. The number of halogens is 3. The first kappa shape index (κ1) is 13.9. The summed E-state index contributed by atoms with van der Waals surface area (Å²) in [5.74, 6) is 0.282. The smallest absolute Gasteiger partial charge is 0.115 e. The fourth-order valence-corrected chi connectivity index (χ4v) is 4.05. The molecule has 0 saturated carbocycles. The van der Waals surface area contributed by atoms with Gasteiger partial charge in [-0.1, -0.05) is 28.1 Å².